The van der Waals surface area contributed by atoms with E-state index in [4.69, 9.17) is 4.74 Å². The lowest BCUT2D eigenvalue weighted by molar-refractivity contribution is 0.00639. The molecule has 1 aromatic rings. The smallest absolute Gasteiger partial charge is 0.410 e. The van der Waals surface area contributed by atoms with Gasteiger partial charge in [-0.3, -0.25) is 9.58 Å². The predicted octanol–water partition coefficient (Wildman–Crippen LogP) is 2.76. The van der Waals surface area contributed by atoms with E-state index in [0.29, 0.717) is 6.54 Å². The minimum Gasteiger partial charge on any atom is -0.444 e. The maximum atomic E-state index is 12.4. The molecular formula is C14H23N3O2S. The van der Waals surface area contributed by atoms with Crippen LogP contribution in [0.5, 0.6) is 0 Å². The Kier molecular flexibility index (Phi) is 4.62. The second kappa shape index (κ2) is 6.08. The lowest BCUT2D eigenvalue weighted by atomic mass is 10.1. The molecule has 1 aliphatic rings. The molecule has 0 saturated carbocycles. The molecule has 0 aliphatic carbocycles. The number of nitrogens with zero attached hydrogens (tertiary/aromatic N) is 3. The summed E-state index contributed by atoms with van der Waals surface area (Å²) in [5.41, 5.74) is 0.606. The summed E-state index contributed by atoms with van der Waals surface area (Å²) >= 11 is 1.80. The summed E-state index contributed by atoms with van der Waals surface area (Å²) in [7, 11) is 0. The van der Waals surface area contributed by atoms with E-state index in [1.165, 1.54) is 0 Å². The Labute approximate surface area is 124 Å². The van der Waals surface area contributed by atoms with Gasteiger partial charge in [-0.05, 0) is 45.3 Å². The lowest BCUT2D eigenvalue weighted by Gasteiger charge is -2.37. The van der Waals surface area contributed by atoms with Gasteiger partial charge >= 0.3 is 6.09 Å². The summed E-state index contributed by atoms with van der Waals surface area (Å²) in [6, 6.07) is 2.12. The number of rotatable bonds is 3. The second-order valence-electron chi connectivity index (χ2n) is 6.05. The highest BCUT2D eigenvalue weighted by molar-refractivity contribution is 7.98. The first-order valence-corrected chi connectivity index (χ1v) is 8.29. The van der Waals surface area contributed by atoms with E-state index >= 15 is 0 Å². The van der Waals surface area contributed by atoms with E-state index in [9.17, 15) is 4.79 Å². The van der Waals surface area contributed by atoms with E-state index in [-0.39, 0.29) is 12.1 Å². The predicted molar refractivity (Wildman–Crippen MR) is 80.8 cm³/mol. The van der Waals surface area contributed by atoms with Crippen molar-refractivity contribution in [1.29, 1.82) is 0 Å². The summed E-state index contributed by atoms with van der Waals surface area (Å²) in [5.74, 6) is 1.03. The molecule has 1 amide bonds. The maximum Gasteiger partial charge on any atom is 0.410 e. The van der Waals surface area contributed by atoms with E-state index in [1.807, 2.05) is 36.4 Å². The van der Waals surface area contributed by atoms with E-state index in [0.717, 1.165) is 24.4 Å². The van der Waals surface area contributed by atoms with Crippen LogP contribution in [0.4, 0.5) is 4.79 Å². The van der Waals surface area contributed by atoms with Crippen LogP contribution in [0.25, 0.3) is 0 Å². The third-order valence-electron chi connectivity index (χ3n) is 3.24. The fraction of sp³-hybridized carbons (Fsp3) is 0.714. The number of amides is 1. The second-order valence-corrected chi connectivity index (χ2v) is 7.03. The normalized spacial score (nSPS) is 18.8. The number of ether oxygens (including phenoxy) is 1. The van der Waals surface area contributed by atoms with Crippen LogP contribution >= 0.6 is 11.8 Å². The Morgan fingerprint density at radius 1 is 1.55 bits per heavy atom. The number of carbonyl (C=O) groups excluding carboxylic acids is 1. The molecule has 2 heterocycles. The fourth-order valence-corrected chi connectivity index (χ4v) is 2.80. The van der Waals surface area contributed by atoms with Gasteiger partial charge in [0.15, 0.2) is 0 Å². The number of aromatic nitrogens is 2. The van der Waals surface area contributed by atoms with E-state index in [2.05, 4.69) is 11.4 Å². The molecular weight excluding hydrogens is 274 g/mol. The molecule has 5 nitrogen and oxygen atoms in total. The Morgan fingerprint density at radius 3 is 2.95 bits per heavy atom. The molecule has 0 bridgehead atoms. The molecule has 0 spiro atoms. The van der Waals surface area contributed by atoms with Crippen LogP contribution in [0.2, 0.25) is 0 Å². The Hall–Kier alpha value is -1.17. The van der Waals surface area contributed by atoms with Crippen molar-refractivity contribution in [3.05, 3.63) is 18.0 Å². The summed E-state index contributed by atoms with van der Waals surface area (Å²) in [4.78, 5) is 14.2. The summed E-state index contributed by atoms with van der Waals surface area (Å²) in [6.07, 6.45) is 4.61. The molecule has 0 fully saturated rings. The van der Waals surface area contributed by atoms with Gasteiger partial charge in [-0.2, -0.15) is 16.9 Å². The van der Waals surface area contributed by atoms with Gasteiger partial charge in [0.2, 0.25) is 0 Å². The van der Waals surface area contributed by atoms with Crippen LogP contribution < -0.4 is 0 Å². The number of hydrogen-bond acceptors (Lipinski definition) is 4. The standard InChI is InChI=1S/C14H23N3O2S/c1-14(2,3)19-13(18)16-9-12-5-7-15-17(12)10-11(16)6-8-20-4/h5,7,11H,6,8-10H2,1-4H3. The molecule has 0 aromatic carbocycles. The van der Waals surface area contributed by atoms with Crippen molar-refractivity contribution in [3.63, 3.8) is 0 Å². The van der Waals surface area contributed by atoms with Gasteiger partial charge in [0.1, 0.15) is 5.60 Å². The highest BCUT2D eigenvalue weighted by Gasteiger charge is 2.32. The minimum absolute atomic E-state index is 0.157. The van der Waals surface area contributed by atoms with Gasteiger partial charge < -0.3 is 4.74 Å². The number of thioether (sulfide) groups is 1. The van der Waals surface area contributed by atoms with Crippen LogP contribution in [0.1, 0.15) is 32.9 Å². The van der Waals surface area contributed by atoms with Gasteiger partial charge in [0, 0.05) is 6.20 Å². The molecule has 2 rings (SSSR count). The van der Waals surface area contributed by atoms with Gasteiger partial charge in [-0.25, -0.2) is 4.79 Å². The van der Waals surface area contributed by atoms with Crippen molar-refractivity contribution in [1.82, 2.24) is 14.7 Å². The Bertz CT molecular complexity index is 467. The first-order valence-electron chi connectivity index (χ1n) is 6.90. The summed E-state index contributed by atoms with van der Waals surface area (Å²) < 4.78 is 7.52. The van der Waals surface area contributed by atoms with Crippen molar-refractivity contribution in [2.24, 2.45) is 0 Å². The molecule has 1 aliphatic heterocycles. The number of carbonyl (C=O) groups is 1. The molecule has 20 heavy (non-hydrogen) atoms. The van der Waals surface area contributed by atoms with Crippen molar-refractivity contribution >= 4 is 17.9 Å². The largest absolute Gasteiger partial charge is 0.444 e. The van der Waals surface area contributed by atoms with Gasteiger partial charge in [0.25, 0.3) is 0 Å². The molecule has 0 N–H and O–H groups in total. The zero-order chi connectivity index (χ0) is 14.8. The highest BCUT2D eigenvalue weighted by Crippen LogP contribution is 2.23. The Balaban J connectivity index is 2.12. The molecule has 1 aromatic heterocycles. The Morgan fingerprint density at radius 2 is 2.30 bits per heavy atom. The monoisotopic (exact) mass is 297 g/mol. The summed E-state index contributed by atoms with van der Waals surface area (Å²) in [6.45, 7) is 7.03. The van der Waals surface area contributed by atoms with Crippen molar-refractivity contribution in [2.45, 2.75) is 51.9 Å². The average molecular weight is 297 g/mol. The zero-order valence-electron chi connectivity index (χ0n) is 12.6. The third kappa shape index (κ3) is 3.69. The quantitative estimate of drug-likeness (QED) is 0.860. The SMILES string of the molecule is CSCCC1Cn2nccc2CN1C(=O)OC(C)(C)C. The summed E-state index contributed by atoms with van der Waals surface area (Å²) in [5, 5.41) is 4.31. The van der Waals surface area contributed by atoms with Gasteiger partial charge in [-0.1, -0.05) is 0 Å². The average Bonchev–Trinajstić information content (AvgIpc) is 2.80. The zero-order valence-corrected chi connectivity index (χ0v) is 13.4. The molecule has 0 saturated heterocycles. The number of hydrogen-bond donors (Lipinski definition) is 0. The maximum absolute atomic E-state index is 12.4. The minimum atomic E-state index is -0.459. The van der Waals surface area contributed by atoms with Crippen LogP contribution in [0.15, 0.2) is 12.3 Å². The third-order valence-corrected chi connectivity index (χ3v) is 3.89. The first kappa shape index (κ1) is 15.2. The first-order chi connectivity index (χ1) is 9.40. The van der Waals surface area contributed by atoms with Crippen molar-refractivity contribution in [2.75, 3.05) is 12.0 Å². The van der Waals surface area contributed by atoms with E-state index in [1.54, 1.807) is 18.0 Å². The van der Waals surface area contributed by atoms with E-state index < -0.39 is 5.60 Å². The van der Waals surface area contributed by atoms with Crippen molar-refractivity contribution in [3.8, 4) is 0 Å². The van der Waals surface area contributed by atoms with Crippen LogP contribution in [-0.2, 0) is 17.8 Å². The molecule has 112 valence electrons. The topological polar surface area (TPSA) is 47.4 Å². The van der Waals surface area contributed by atoms with Crippen molar-refractivity contribution < 1.29 is 9.53 Å². The van der Waals surface area contributed by atoms with Gasteiger partial charge in [0.05, 0.1) is 24.8 Å². The van der Waals surface area contributed by atoms with Gasteiger partial charge in [-0.15, -0.1) is 0 Å². The fourth-order valence-electron chi connectivity index (χ4n) is 2.30. The van der Waals surface area contributed by atoms with Crippen LogP contribution in [0, 0.1) is 0 Å². The molecule has 6 heteroatoms. The molecule has 1 unspecified atom stereocenters. The van der Waals surface area contributed by atoms with Crippen LogP contribution in [0.3, 0.4) is 0 Å². The lowest BCUT2D eigenvalue weighted by Crippen LogP contribution is -2.48. The number of fused-ring (bicyclic) bond motifs is 1. The highest BCUT2D eigenvalue weighted by atomic mass is 32.2. The molecule has 1 atom stereocenters. The molecule has 0 radical (unpaired) electrons. The van der Waals surface area contributed by atoms with Crippen LogP contribution in [-0.4, -0.2) is 44.4 Å².